The number of methoxy groups -OCH3 is 2. The maximum Gasteiger partial charge on any atom is 0.261 e. The number of hydrogen-bond donors (Lipinski definition) is 3. The molecule has 31 heavy (non-hydrogen) atoms. The van der Waals surface area contributed by atoms with Gasteiger partial charge in [-0.3, -0.25) is 4.72 Å². The number of benzene rings is 3. The Hall–Kier alpha value is -3.30. The summed E-state index contributed by atoms with van der Waals surface area (Å²) in [5.41, 5.74) is 2.66. The third-order valence-electron chi connectivity index (χ3n) is 4.47. The van der Waals surface area contributed by atoms with Crippen molar-refractivity contribution in [3.63, 3.8) is 0 Å². The maximum absolute atomic E-state index is 12.7. The Morgan fingerprint density at radius 1 is 0.871 bits per heavy atom. The standard InChI is InChI=1S/C22H23N3O4S2/c1-15-6-4-5-7-19(15)25-31(26,27)18-11-8-16(9-12-18)23-22(30)24-20-14-17(28-2)10-13-21(20)29-3/h4-14,25H,1-3H3,(H2,23,24,30). The lowest BCUT2D eigenvalue weighted by Crippen LogP contribution is -2.19. The van der Waals surface area contributed by atoms with Crippen LogP contribution in [-0.2, 0) is 10.0 Å². The number of rotatable bonds is 7. The van der Waals surface area contributed by atoms with E-state index in [1.165, 1.54) is 12.1 Å². The third-order valence-corrected chi connectivity index (χ3v) is 6.05. The van der Waals surface area contributed by atoms with E-state index in [1.54, 1.807) is 56.7 Å². The molecule has 0 fully saturated rings. The topological polar surface area (TPSA) is 88.7 Å². The summed E-state index contributed by atoms with van der Waals surface area (Å²) >= 11 is 5.36. The van der Waals surface area contributed by atoms with Crippen LogP contribution in [0.4, 0.5) is 17.1 Å². The van der Waals surface area contributed by atoms with E-state index in [1.807, 2.05) is 19.1 Å². The molecule has 162 valence electrons. The molecule has 0 aromatic heterocycles. The van der Waals surface area contributed by atoms with Crippen LogP contribution in [0.1, 0.15) is 5.56 Å². The fourth-order valence-corrected chi connectivity index (χ4v) is 4.16. The summed E-state index contributed by atoms with van der Waals surface area (Å²) < 4.78 is 38.5. The molecule has 0 bridgehead atoms. The highest BCUT2D eigenvalue weighted by molar-refractivity contribution is 7.92. The summed E-state index contributed by atoms with van der Waals surface area (Å²) in [6.07, 6.45) is 0. The number of ether oxygens (including phenoxy) is 2. The molecule has 0 amide bonds. The second-order valence-corrected chi connectivity index (χ2v) is 8.68. The smallest absolute Gasteiger partial charge is 0.261 e. The fourth-order valence-electron chi connectivity index (χ4n) is 2.80. The van der Waals surface area contributed by atoms with Crippen LogP contribution in [0.3, 0.4) is 0 Å². The van der Waals surface area contributed by atoms with Crippen LogP contribution in [0.15, 0.2) is 71.6 Å². The highest BCUT2D eigenvalue weighted by atomic mass is 32.2. The molecule has 0 saturated heterocycles. The lowest BCUT2D eigenvalue weighted by atomic mass is 10.2. The molecule has 9 heteroatoms. The SMILES string of the molecule is COc1ccc(OC)c(NC(=S)Nc2ccc(S(=O)(=O)Nc3ccccc3C)cc2)c1. The molecule has 0 atom stereocenters. The number of para-hydroxylation sites is 1. The summed E-state index contributed by atoms with van der Waals surface area (Å²) in [4.78, 5) is 0.148. The first-order chi connectivity index (χ1) is 14.8. The average molecular weight is 458 g/mol. The highest BCUT2D eigenvalue weighted by Crippen LogP contribution is 2.29. The Morgan fingerprint density at radius 2 is 1.58 bits per heavy atom. The largest absolute Gasteiger partial charge is 0.497 e. The summed E-state index contributed by atoms with van der Waals surface area (Å²) in [6.45, 7) is 1.84. The van der Waals surface area contributed by atoms with Gasteiger partial charge in [-0.1, -0.05) is 18.2 Å². The Bertz CT molecular complexity index is 1180. The molecule has 0 saturated carbocycles. The van der Waals surface area contributed by atoms with Crippen LogP contribution in [0.5, 0.6) is 11.5 Å². The first kappa shape index (κ1) is 22.4. The van der Waals surface area contributed by atoms with Crippen LogP contribution in [0.25, 0.3) is 0 Å². The molecular formula is C22H23N3O4S2. The van der Waals surface area contributed by atoms with Gasteiger partial charge >= 0.3 is 0 Å². The van der Waals surface area contributed by atoms with Crippen molar-refractivity contribution in [2.45, 2.75) is 11.8 Å². The lowest BCUT2D eigenvalue weighted by Gasteiger charge is -2.15. The molecule has 0 heterocycles. The van der Waals surface area contributed by atoms with Crippen LogP contribution in [-0.4, -0.2) is 27.7 Å². The predicted molar refractivity (Wildman–Crippen MR) is 128 cm³/mol. The molecule has 0 aliphatic heterocycles. The number of aryl methyl sites for hydroxylation is 1. The van der Waals surface area contributed by atoms with Crippen LogP contribution in [0, 0.1) is 6.92 Å². The predicted octanol–water partition coefficient (Wildman–Crippen LogP) is 4.62. The molecule has 0 spiro atoms. The van der Waals surface area contributed by atoms with Crippen molar-refractivity contribution in [3.05, 3.63) is 72.3 Å². The zero-order valence-electron chi connectivity index (χ0n) is 17.3. The van der Waals surface area contributed by atoms with Gasteiger partial charge in [-0.15, -0.1) is 0 Å². The van der Waals surface area contributed by atoms with E-state index in [4.69, 9.17) is 21.7 Å². The Balaban J connectivity index is 1.69. The first-order valence-electron chi connectivity index (χ1n) is 9.31. The summed E-state index contributed by atoms with van der Waals surface area (Å²) in [7, 11) is -0.565. The van der Waals surface area contributed by atoms with E-state index >= 15 is 0 Å². The van der Waals surface area contributed by atoms with Crippen molar-refractivity contribution in [1.82, 2.24) is 0 Å². The molecule has 0 aliphatic rings. The Morgan fingerprint density at radius 3 is 2.23 bits per heavy atom. The summed E-state index contributed by atoms with van der Waals surface area (Å²) in [6, 6.07) is 18.8. The molecule has 0 unspecified atom stereocenters. The van der Waals surface area contributed by atoms with Crippen LogP contribution in [0.2, 0.25) is 0 Å². The van der Waals surface area contributed by atoms with Gasteiger partial charge in [0.05, 0.1) is 30.5 Å². The Labute approximate surface area is 187 Å². The van der Waals surface area contributed by atoms with E-state index in [0.29, 0.717) is 33.7 Å². The second kappa shape index (κ2) is 9.67. The lowest BCUT2D eigenvalue weighted by molar-refractivity contribution is 0.405. The average Bonchev–Trinajstić information content (AvgIpc) is 2.75. The molecule has 3 N–H and O–H groups in total. The fraction of sp³-hybridized carbons (Fsp3) is 0.136. The van der Waals surface area contributed by atoms with Crippen molar-refractivity contribution in [3.8, 4) is 11.5 Å². The highest BCUT2D eigenvalue weighted by Gasteiger charge is 2.15. The van der Waals surface area contributed by atoms with Gasteiger partial charge in [0.15, 0.2) is 5.11 Å². The molecule has 3 rings (SSSR count). The minimum Gasteiger partial charge on any atom is -0.497 e. The molecule has 3 aromatic carbocycles. The van der Waals surface area contributed by atoms with Crippen LogP contribution >= 0.6 is 12.2 Å². The zero-order valence-corrected chi connectivity index (χ0v) is 18.9. The molecule has 0 aliphatic carbocycles. The summed E-state index contributed by atoms with van der Waals surface area (Å²) in [5.74, 6) is 1.26. The van der Waals surface area contributed by atoms with Gasteiger partial charge in [0.2, 0.25) is 0 Å². The number of hydrogen-bond acceptors (Lipinski definition) is 5. The Kier molecular flexibility index (Phi) is 6.98. The molecule has 0 radical (unpaired) electrons. The van der Waals surface area contributed by atoms with Crippen molar-refractivity contribution < 1.29 is 17.9 Å². The van der Waals surface area contributed by atoms with Gasteiger partial charge in [-0.25, -0.2) is 8.42 Å². The second-order valence-electron chi connectivity index (χ2n) is 6.59. The van der Waals surface area contributed by atoms with E-state index in [0.717, 1.165) is 5.56 Å². The molecule has 7 nitrogen and oxygen atoms in total. The van der Waals surface area contributed by atoms with Gasteiger partial charge in [-0.2, -0.15) is 0 Å². The van der Waals surface area contributed by atoms with E-state index in [-0.39, 0.29) is 4.90 Å². The minimum atomic E-state index is -3.70. The van der Waals surface area contributed by atoms with Gasteiger partial charge in [0.1, 0.15) is 11.5 Å². The van der Waals surface area contributed by atoms with Gasteiger partial charge in [0, 0.05) is 11.8 Å². The summed E-state index contributed by atoms with van der Waals surface area (Å²) in [5, 5.41) is 6.40. The normalized spacial score (nSPS) is 10.8. The molecular weight excluding hydrogens is 434 g/mol. The zero-order chi connectivity index (χ0) is 22.4. The first-order valence-corrected chi connectivity index (χ1v) is 11.2. The van der Waals surface area contributed by atoms with Gasteiger partial charge < -0.3 is 20.1 Å². The quantitative estimate of drug-likeness (QED) is 0.446. The van der Waals surface area contributed by atoms with E-state index in [2.05, 4.69) is 15.4 Å². The van der Waals surface area contributed by atoms with Crippen molar-refractivity contribution >= 4 is 44.4 Å². The molecule has 3 aromatic rings. The number of sulfonamides is 1. The van der Waals surface area contributed by atoms with E-state index in [9.17, 15) is 8.42 Å². The van der Waals surface area contributed by atoms with Crippen molar-refractivity contribution in [2.24, 2.45) is 0 Å². The van der Waals surface area contributed by atoms with Gasteiger partial charge in [-0.05, 0) is 67.2 Å². The third kappa shape index (κ3) is 5.65. The monoisotopic (exact) mass is 457 g/mol. The van der Waals surface area contributed by atoms with E-state index < -0.39 is 10.0 Å². The van der Waals surface area contributed by atoms with Crippen LogP contribution < -0.4 is 24.8 Å². The van der Waals surface area contributed by atoms with Crippen molar-refractivity contribution in [1.29, 1.82) is 0 Å². The maximum atomic E-state index is 12.7. The van der Waals surface area contributed by atoms with Crippen molar-refractivity contribution in [2.75, 3.05) is 29.6 Å². The number of anilines is 3. The van der Waals surface area contributed by atoms with Gasteiger partial charge in [0.25, 0.3) is 10.0 Å². The minimum absolute atomic E-state index is 0.148. The number of thiocarbonyl (C=S) groups is 1. The number of nitrogens with one attached hydrogen (secondary N) is 3.